The molecule has 17 heavy (non-hydrogen) atoms. The highest BCUT2D eigenvalue weighted by atomic mass is 19.4. The van der Waals surface area contributed by atoms with E-state index < -0.39 is 11.7 Å². The van der Waals surface area contributed by atoms with Crippen LogP contribution in [0, 0.1) is 0 Å². The highest BCUT2D eigenvalue weighted by molar-refractivity contribution is 5.80. The van der Waals surface area contributed by atoms with Gasteiger partial charge in [0.2, 0.25) is 5.91 Å². The summed E-state index contributed by atoms with van der Waals surface area (Å²) in [5.74, 6) is -0.290. The summed E-state index contributed by atoms with van der Waals surface area (Å²) in [5.41, 5.74) is -0.859. The first-order chi connectivity index (χ1) is 7.82. The molecule has 0 aromatic heterocycles. The van der Waals surface area contributed by atoms with Crippen molar-refractivity contribution in [3.05, 3.63) is 29.8 Å². The Kier molecular flexibility index (Phi) is 3.98. The minimum Gasteiger partial charge on any atom is -0.376 e. The van der Waals surface area contributed by atoms with Crippen molar-refractivity contribution in [1.29, 1.82) is 0 Å². The Balaban J connectivity index is 2.82. The van der Waals surface area contributed by atoms with Gasteiger partial charge in [-0.3, -0.25) is 4.79 Å². The van der Waals surface area contributed by atoms with Gasteiger partial charge in [0, 0.05) is 19.8 Å². The maximum absolute atomic E-state index is 12.6. The third kappa shape index (κ3) is 3.65. The molecule has 1 rings (SSSR count). The van der Waals surface area contributed by atoms with Crippen LogP contribution in [0.4, 0.5) is 18.9 Å². The van der Waals surface area contributed by atoms with Crippen molar-refractivity contribution in [2.24, 2.45) is 0 Å². The number of benzene rings is 1. The zero-order chi connectivity index (χ0) is 13.1. The van der Waals surface area contributed by atoms with E-state index in [0.29, 0.717) is 0 Å². The van der Waals surface area contributed by atoms with E-state index in [1.165, 1.54) is 23.1 Å². The lowest BCUT2D eigenvalue weighted by molar-refractivity contribution is -0.137. The molecule has 94 valence electrons. The number of alkyl halides is 3. The first-order valence-corrected chi connectivity index (χ1v) is 4.92. The molecule has 0 saturated heterocycles. The van der Waals surface area contributed by atoms with Crippen LogP contribution in [0.25, 0.3) is 0 Å². The fourth-order valence-electron chi connectivity index (χ4n) is 1.21. The molecule has 0 saturated carbocycles. The molecule has 0 aliphatic heterocycles. The molecule has 0 unspecified atom stereocenters. The van der Waals surface area contributed by atoms with Gasteiger partial charge in [0.25, 0.3) is 0 Å². The first-order valence-electron chi connectivity index (χ1n) is 4.92. The lowest BCUT2D eigenvalue weighted by Gasteiger charge is -2.15. The van der Waals surface area contributed by atoms with Gasteiger partial charge in [-0.1, -0.05) is 12.1 Å². The molecule has 1 N–H and O–H groups in total. The predicted octanol–water partition coefficient (Wildman–Crippen LogP) is 2.21. The van der Waals surface area contributed by atoms with Crippen LogP contribution in [-0.4, -0.2) is 31.4 Å². The second kappa shape index (κ2) is 5.07. The molecule has 0 heterocycles. The van der Waals surface area contributed by atoms with Crippen LogP contribution in [0.15, 0.2) is 24.3 Å². The monoisotopic (exact) mass is 246 g/mol. The molecule has 0 bridgehead atoms. The highest BCUT2D eigenvalue weighted by Crippen LogP contribution is 2.34. The maximum atomic E-state index is 12.6. The third-order valence-corrected chi connectivity index (χ3v) is 2.16. The Labute approximate surface area is 97.2 Å². The summed E-state index contributed by atoms with van der Waals surface area (Å²) in [6.45, 7) is -0.167. The fourth-order valence-corrected chi connectivity index (χ4v) is 1.21. The minimum atomic E-state index is -4.43. The SMILES string of the molecule is CN(C)C(=O)CNc1ccccc1C(F)(F)F. The number of anilines is 1. The smallest absolute Gasteiger partial charge is 0.376 e. The van der Waals surface area contributed by atoms with E-state index in [0.717, 1.165) is 6.07 Å². The molecule has 3 nitrogen and oxygen atoms in total. The van der Waals surface area contributed by atoms with Crippen molar-refractivity contribution in [3.63, 3.8) is 0 Å². The Bertz CT molecular complexity index is 402. The maximum Gasteiger partial charge on any atom is 0.418 e. The van der Waals surface area contributed by atoms with Gasteiger partial charge in [-0.05, 0) is 12.1 Å². The molecule has 1 aromatic carbocycles. The standard InChI is InChI=1S/C11H13F3N2O/c1-16(2)10(17)7-15-9-6-4-3-5-8(9)11(12,13)14/h3-6,15H,7H2,1-2H3. The van der Waals surface area contributed by atoms with Gasteiger partial charge in [0.05, 0.1) is 12.1 Å². The number of rotatable bonds is 3. The van der Waals surface area contributed by atoms with Crippen LogP contribution in [0.1, 0.15) is 5.56 Å². The summed E-state index contributed by atoms with van der Waals surface area (Å²) in [5, 5.41) is 2.49. The Morgan fingerprint density at radius 3 is 2.41 bits per heavy atom. The van der Waals surface area contributed by atoms with Crippen molar-refractivity contribution in [2.75, 3.05) is 26.0 Å². The molecular formula is C11H13F3N2O. The number of nitrogens with zero attached hydrogens (tertiary/aromatic N) is 1. The van der Waals surface area contributed by atoms with Crippen LogP contribution in [0.5, 0.6) is 0 Å². The average molecular weight is 246 g/mol. The minimum absolute atomic E-state index is 0.0878. The molecule has 1 amide bonds. The number of carbonyl (C=O) groups excluding carboxylic acids is 1. The molecular weight excluding hydrogens is 233 g/mol. The zero-order valence-corrected chi connectivity index (χ0v) is 9.51. The van der Waals surface area contributed by atoms with Crippen LogP contribution < -0.4 is 5.32 Å². The summed E-state index contributed by atoms with van der Waals surface area (Å²) < 4.78 is 37.8. The van der Waals surface area contributed by atoms with Crippen LogP contribution >= 0.6 is 0 Å². The number of hydrogen-bond acceptors (Lipinski definition) is 2. The van der Waals surface area contributed by atoms with Gasteiger partial charge in [-0.25, -0.2) is 0 Å². The molecule has 1 aromatic rings. The van der Waals surface area contributed by atoms with E-state index in [4.69, 9.17) is 0 Å². The van der Waals surface area contributed by atoms with Gasteiger partial charge in [0.1, 0.15) is 0 Å². The number of amides is 1. The summed E-state index contributed by atoms with van der Waals surface area (Å²) in [4.78, 5) is 12.6. The summed E-state index contributed by atoms with van der Waals surface area (Å²) >= 11 is 0. The Morgan fingerprint density at radius 1 is 1.29 bits per heavy atom. The molecule has 0 atom stereocenters. The van der Waals surface area contributed by atoms with E-state index >= 15 is 0 Å². The van der Waals surface area contributed by atoms with E-state index in [-0.39, 0.29) is 18.1 Å². The summed E-state index contributed by atoms with van der Waals surface area (Å²) in [6.07, 6.45) is -4.43. The topological polar surface area (TPSA) is 32.3 Å². The second-order valence-electron chi connectivity index (χ2n) is 3.69. The molecule has 0 fully saturated rings. The normalized spacial score (nSPS) is 11.1. The number of likely N-dealkylation sites (N-methyl/N-ethyl adjacent to an activating group) is 1. The molecule has 6 heteroatoms. The first kappa shape index (κ1) is 13.3. The van der Waals surface area contributed by atoms with Crippen LogP contribution in [0.2, 0.25) is 0 Å². The largest absolute Gasteiger partial charge is 0.418 e. The zero-order valence-electron chi connectivity index (χ0n) is 9.51. The molecule has 0 aliphatic carbocycles. The Hall–Kier alpha value is -1.72. The van der Waals surface area contributed by atoms with Gasteiger partial charge in [-0.15, -0.1) is 0 Å². The van der Waals surface area contributed by atoms with E-state index in [2.05, 4.69) is 5.32 Å². The van der Waals surface area contributed by atoms with Crippen molar-refractivity contribution >= 4 is 11.6 Å². The molecule has 0 aliphatic rings. The van der Waals surface area contributed by atoms with Crippen molar-refractivity contribution < 1.29 is 18.0 Å². The number of halogens is 3. The number of nitrogens with one attached hydrogen (secondary N) is 1. The van der Waals surface area contributed by atoms with Gasteiger partial charge in [-0.2, -0.15) is 13.2 Å². The molecule has 0 radical (unpaired) electrons. The Morgan fingerprint density at radius 2 is 1.88 bits per heavy atom. The van der Waals surface area contributed by atoms with Crippen LogP contribution in [0.3, 0.4) is 0 Å². The number of carbonyl (C=O) groups is 1. The van der Waals surface area contributed by atoms with Crippen molar-refractivity contribution in [3.8, 4) is 0 Å². The fraction of sp³-hybridized carbons (Fsp3) is 0.364. The lowest BCUT2D eigenvalue weighted by Crippen LogP contribution is -2.29. The van der Waals surface area contributed by atoms with E-state index in [1.807, 2.05) is 0 Å². The van der Waals surface area contributed by atoms with Crippen molar-refractivity contribution in [1.82, 2.24) is 4.90 Å². The van der Waals surface area contributed by atoms with Crippen molar-refractivity contribution in [2.45, 2.75) is 6.18 Å². The van der Waals surface area contributed by atoms with Gasteiger partial charge in [0.15, 0.2) is 0 Å². The number of hydrogen-bond donors (Lipinski definition) is 1. The van der Waals surface area contributed by atoms with E-state index in [1.54, 1.807) is 14.1 Å². The van der Waals surface area contributed by atoms with Crippen LogP contribution in [-0.2, 0) is 11.0 Å². The third-order valence-electron chi connectivity index (χ3n) is 2.16. The van der Waals surface area contributed by atoms with E-state index in [9.17, 15) is 18.0 Å². The average Bonchev–Trinajstić information content (AvgIpc) is 2.24. The predicted molar refractivity (Wildman–Crippen MR) is 58.6 cm³/mol. The highest BCUT2D eigenvalue weighted by Gasteiger charge is 2.33. The quantitative estimate of drug-likeness (QED) is 0.886. The molecule has 0 spiro atoms. The summed E-state index contributed by atoms with van der Waals surface area (Å²) in [7, 11) is 3.08. The summed E-state index contributed by atoms with van der Waals surface area (Å²) in [6, 6.07) is 5.06. The second-order valence-corrected chi connectivity index (χ2v) is 3.69. The lowest BCUT2D eigenvalue weighted by atomic mass is 10.1. The number of para-hydroxylation sites is 1. The van der Waals surface area contributed by atoms with Gasteiger partial charge < -0.3 is 10.2 Å². The van der Waals surface area contributed by atoms with Gasteiger partial charge >= 0.3 is 6.18 Å².